The summed E-state index contributed by atoms with van der Waals surface area (Å²) >= 11 is 0. The smallest absolute Gasteiger partial charge is 0.254 e. The van der Waals surface area contributed by atoms with Crippen molar-refractivity contribution in [2.24, 2.45) is 5.92 Å². The summed E-state index contributed by atoms with van der Waals surface area (Å²) in [4.78, 5) is 39.8. The number of nitrogens with one attached hydrogen (secondary N) is 2. The number of amides is 2. The first-order chi connectivity index (χ1) is 14.5. The Bertz CT molecular complexity index is 888. The van der Waals surface area contributed by atoms with E-state index in [1.165, 1.54) is 4.90 Å². The molecule has 0 spiro atoms. The Balaban J connectivity index is 1.24. The molecule has 4 N–H and O–H groups in total. The molecule has 2 saturated heterocycles. The van der Waals surface area contributed by atoms with Crippen LogP contribution in [0, 0.1) is 5.92 Å². The van der Waals surface area contributed by atoms with Crippen LogP contribution >= 0.6 is 0 Å². The van der Waals surface area contributed by atoms with Crippen LogP contribution in [-0.4, -0.2) is 86.8 Å². The monoisotopic (exact) mass is 416 g/mol. The van der Waals surface area contributed by atoms with E-state index in [9.17, 15) is 19.8 Å². The zero-order chi connectivity index (χ0) is 21.1. The van der Waals surface area contributed by atoms with Crippen LogP contribution in [0.1, 0.15) is 25.7 Å². The summed E-state index contributed by atoms with van der Waals surface area (Å²) in [5.41, 5.74) is 0.811. The number of likely N-dealkylation sites (tertiary alicyclic amines) is 1. The lowest BCUT2D eigenvalue weighted by Crippen LogP contribution is -2.51. The molecular formula is C20H28N6O4. The molecule has 162 valence electrons. The first kappa shape index (κ1) is 20.5. The second-order valence-corrected chi connectivity index (χ2v) is 8.03. The van der Waals surface area contributed by atoms with E-state index >= 15 is 0 Å². The number of aromatic amines is 1. The van der Waals surface area contributed by atoms with Crippen molar-refractivity contribution >= 4 is 28.7 Å². The molecule has 2 atom stereocenters. The van der Waals surface area contributed by atoms with Crippen molar-refractivity contribution in [3.8, 4) is 0 Å². The van der Waals surface area contributed by atoms with E-state index in [1.807, 2.05) is 12.3 Å². The van der Waals surface area contributed by atoms with Gasteiger partial charge in [0, 0.05) is 38.9 Å². The van der Waals surface area contributed by atoms with Gasteiger partial charge in [-0.05, 0) is 37.7 Å². The number of anilines is 1. The van der Waals surface area contributed by atoms with Crippen molar-refractivity contribution in [1.29, 1.82) is 0 Å². The quantitative estimate of drug-likeness (QED) is 0.505. The van der Waals surface area contributed by atoms with E-state index < -0.39 is 24.0 Å². The van der Waals surface area contributed by atoms with Crippen LogP contribution in [0.5, 0.6) is 0 Å². The molecule has 2 amide bonds. The van der Waals surface area contributed by atoms with Crippen LogP contribution in [-0.2, 0) is 9.59 Å². The third-order valence-corrected chi connectivity index (χ3v) is 6.05. The zero-order valence-electron chi connectivity index (χ0n) is 16.8. The third-order valence-electron chi connectivity index (χ3n) is 6.05. The predicted molar refractivity (Wildman–Crippen MR) is 110 cm³/mol. The zero-order valence-corrected chi connectivity index (χ0v) is 16.8. The highest BCUT2D eigenvalue weighted by atomic mass is 16.3. The lowest BCUT2D eigenvalue weighted by atomic mass is 9.96. The highest BCUT2D eigenvalue weighted by Gasteiger charge is 2.34. The molecule has 4 rings (SSSR count). The summed E-state index contributed by atoms with van der Waals surface area (Å²) < 4.78 is 0. The molecule has 10 heteroatoms. The molecule has 2 aliphatic heterocycles. The molecule has 0 aliphatic carbocycles. The standard InChI is InChI=1S/C20H28N6O4/c27-15(16(28)20(30)26-7-1-2-8-26)19(29)22-11-13-4-9-25(10-5-13)18-14-3-6-21-17(14)23-12-24-18/h3,6,12-13,15-16,27-28H,1-2,4-5,7-11H2,(H,22,29)(H,21,23,24)/t15-,16-/m1/s1. The Kier molecular flexibility index (Phi) is 6.14. The minimum absolute atomic E-state index is 0.257. The number of carbonyl (C=O) groups is 2. The van der Waals surface area contributed by atoms with Gasteiger partial charge >= 0.3 is 0 Å². The maximum Gasteiger partial charge on any atom is 0.254 e. The van der Waals surface area contributed by atoms with Crippen molar-refractivity contribution in [2.75, 3.05) is 37.6 Å². The van der Waals surface area contributed by atoms with Crippen LogP contribution in [0.2, 0.25) is 0 Å². The highest BCUT2D eigenvalue weighted by molar-refractivity contribution is 5.90. The SMILES string of the molecule is O=C(NCC1CCN(c2ncnc3[nH]ccc23)CC1)[C@H](O)[C@@H](O)C(=O)N1CCCC1. The molecule has 0 bridgehead atoms. The normalized spacial score (nSPS) is 19.8. The predicted octanol–water partition coefficient (Wildman–Crippen LogP) is -0.365. The first-order valence-corrected chi connectivity index (χ1v) is 10.5. The van der Waals surface area contributed by atoms with E-state index in [4.69, 9.17) is 0 Å². The number of hydrogen-bond acceptors (Lipinski definition) is 7. The van der Waals surface area contributed by atoms with Crippen LogP contribution in [0.3, 0.4) is 0 Å². The minimum Gasteiger partial charge on any atom is -0.380 e. The van der Waals surface area contributed by atoms with Crippen LogP contribution in [0.25, 0.3) is 11.0 Å². The second kappa shape index (κ2) is 8.97. The fourth-order valence-electron chi connectivity index (χ4n) is 4.21. The Hall–Kier alpha value is -2.72. The number of fused-ring (bicyclic) bond motifs is 1. The van der Waals surface area contributed by atoms with Crippen molar-refractivity contribution in [3.05, 3.63) is 18.6 Å². The van der Waals surface area contributed by atoms with Crippen molar-refractivity contribution in [1.82, 2.24) is 25.2 Å². The van der Waals surface area contributed by atoms with Gasteiger partial charge in [0.05, 0.1) is 5.39 Å². The molecule has 0 unspecified atom stereocenters. The topological polar surface area (TPSA) is 135 Å². The van der Waals surface area contributed by atoms with Gasteiger partial charge in [-0.15, -0.1) is 0 Å². The second-order valence-electron chi connectivity index (χ2n) is 8.03. The summed E-state index contributed by atoms with van der Waals surface area (Å²) in [5, 5.41) is 23.8. The fourth-order valence-corrected chi connectivity index (χ4v) is 4.21. The van der Waals surface area contributed by atoms with Gasteiger partial charge in [0.15, 0.2) is 12.2 Å². The molecule has 0 radical (unpaired) electrons. The van der Waals surface area contributed by atoms with Gasteiger partial charge in [0.1, 0.15) is 17.8 Å². The number of aliphatic hydroxyl groups excluding tert-OH is 2. The Morgan fingerprint density at radius 3 is 2.60 bits per heavy atom. The molecule has 2 aliphatic rings. The number of carbonyl (C=O) groups excluding carboxylic acids is 2. The van der Waals surface area contributed by atoms with Crippen molar-refractivity contribution in [3.63, 3.8) is 0 Å². The number of aliphatic hydroxyl groups is 2. The van der Waals surface area contributed by atoms with Crippen molar-refractivity contribution < 1.29 is 19.8 Å². The molecule has 2 fully saturated rings. The number of rotatable bonds is 6. The Morgan fingerprint density at radius 2 is 1.87 bits per heavy atom. The number of nitrogens with zero attached hydrogens (tertiary/aromatic N) is 4. The largest absolute Gasteiger partial charge is 0.380 e. The number of aromatic nitrogens is 3. The summed E-state index contributed by atoms with van der Waals surface area (Å²) in [6.45, 7) is 3.12. The van der Waals surface area contributed by atoms with E-state index in [0.717, 1.165) is 55.6 Å². The molecule has 2 aromatic heterocycles. The average Bonchev–Trinajstić information content (AvgIpc) is 3.48. The molecule has 4 heterocycles. The maximum atomic E-state index is 12.2. The summed E-state index contributed by atoms with van der Waals surface area (Å²) in [7, 11) is 0. The molecule has 0 saturated carbocycles. The lowest BCUT2D eigenvalue weighted by Gasteiger charge is -2.33. The van der Waals surface area contributed by atoms with Gasteiger partial charge in [-0.25, -0.2) is 9.97 Å². The lowest BCUT2D eigenvalue weighted by molar-refractivity contribution is -0.152. The van der Waals surface area contributed by atoms with Gasteiger partial charge in [0.25, 0.3) is 11.8 Å². The van der Waals surface area contributed by atoms with E-state index in [0.29, 0.717) is 19.6 Å². The summed E-state index contributed by atoms with van der Waals surface area (Å²) in [6, 6.07) is 1.97. The maximum absolute atomic E-state index is 12.2. The molecule has 10 nitrogen and oxygen atoms in total. The van der Waals surface area contributed by atoms with E-state index in [-0.39, 0.29) is 5.92 Å². The molecular weight excluding hydrogens is 388 g/mol. The summed E-state index contributed by atoms with van der Waals surface area (Å²) in [5.74, 6) is -0.123. The Morgan fingerprint density at radius 1 is 1.13 bits per heavy atom. The van der Waals surface area contributed by atoms with E-state index in [2.05, 4.69) is 25.2 Å². The van der Waals surface area contributed by atoms with Gasteiger partial charge in [-0.2, -0.15) is 0 Å². The van der Waals surface area contributed by atoms with Crippen LogP contribution < -0.4 is 10.2 Å². The number of H-pyrrole nitrogens is 1. The van der Waals surface area contributed by atoms with E-state index in [1.54, 1.807) is 6.33 Å². The molecule has 0 aromatic carbocycles. The van der Waals surface area contributed by atoms with Crippen LogP contribution in [0.15, 0.2) is 18.6 Å². The van der Waals surface area contributed by atoms with Crippen LogP contribution in [0.4, 0.5) is 5.82 Å². The molecule has 30 heavy (non-hydrogen) atoms. The number of piperidine rings is 1. The Labute approximate surface area is 174 Å². The van der Waals surface area contributed by atoms with Gasteiger partial charge in [0.2, 0.25) is 0 Å². The minimum atomic E-state index is -1.75. The first-order valence-electron chi connectivity index (χ1n) is 10.5. The molecule has 2 aromatic rings. The highest BCUT2D eigenvalue weighted by Crippen LogP contribution is 2.26. The summed E-state index contributed by atoms with van der Waals surface area (Å²) in [6.07, 6.45) is 3.42. The van der Waals surface area contributed by atoms with Gasteiger partial charge in [-0.3, -0.25) is 9.59 Å². The fraction of sp³-hybridized carbons (Fsp3) is 0.600. The third kappa shape index (κ3) is 4.24. The number of hydrogen-bond donors (Lipinski definition) is 4. The van der Waals surface area contributed by atoms with Gasteiger partial charge in [-0.1, -0.05) is 0 Å². The average molecular weight is 416 g/mol. The van der Waals surface area contributed by atoms with Gasteiger partial charge < -0.3 is 30.3 Å². The van der Waals surface area contributed by atoms with Crippen molar-refractivity contribution in [2.45, 2.75) is 37.9 Å².